The van der Waals surface area contributed by atoms with E-state index in [1.54, 1.807) is 7.11 Å². The molecule has 0 saturated carbocycles. The number of halogens is 1. The zero-order chi connectivity index (χ0) is 12.6. The van der Waals surface area contributed by atoms with Gasteiger partial charge in [0.1, 0.15) is 5.75 Å². The Kier molecular flexibility index (Phi) is 7.07. The van der Waals surface area contributed by atoms with E-state index in [1.165, 1.54) is 0 Å². The van der Waals surface area contributed by atoms with Gasteiger partial charge in [-0.1, -0.05) is 12.1 Å². The topological polar surface area (TPSA) is 111 Å². The fourth-order valence-electron chi connectivity index (χ4n) is 0.799. The highest BCUT2D eigenvalue weighted by Gasteiger charge is 2.00. The second-order valence-corrected chi connectivity index (χ2v) is 3.65. The second-order valence-electron chi connectivity index (χ2n) is 2.43. The van der Waals surface area contributed by atoms with Crippen molar-refractivity contribution < 1.29 is 24.0 Å². The molecule has 7 nitrogen and oxygen atoms in total. The first-order chi connectivity index (χ1) is 7.38. The third kappa shape index (κ3) is 8.49. The monoisotopic (exact) mass is 270 g/mol. The van der Waals surface area contributed by atoms with Crippen molar-refractivity contribution in [2.45, 2.75) is 0 Å². The number of benzene rings is 1. The number of rotatable bonds is 3. The number of hydrogen-bond acceptors (Lipinski definition) is 4. The molecule has 0 aliphatic heterocycles. The van der Waals surface area contributed by atoms with E-state index in [0.717, 1.165) is 11.4 Å². The highest BCUT2D eigenvalue weighted by molar-refractivity contribution is 7.45. The molecule has 1 aromatic rings. The molecule has 92 valence electrons. The van der Waals surface area contributed by atoms with Gasteiger partial charge in [0.15, 0.2) is 0 Å². The van der Waals surface area contributed by atoms with Gasteiger partial charge >= 0.3 is 7.82 Å². The van der Waals surface area contributed by atoms with Gasteiger partial charge in [0.05, 0.1) is 12.8 Å². The molecule has 0 bridgehead atoms. The number of hydrogen-bond donors (Lipinski definition) is 5. The summed E-state index contributed by atoms with van der Waals surface area (Å²) in [6.45, 7) is 0. The van der Waals surface area contributed by atoms with E-state index in [0.29, 0.717) is 0 Å². The van der Waals surface area contributed by atoms with Crippen LogP contribution in [0.3, 0.4) is 0 Å². The largest absolute Gasteiger partial charge is 0.495 e. The van der Waals surface area contributed by atoms with Gasteiger partial charge in [-0.3, -0.25) is 0 Å². The Balaban J connectivity index is 0.000000385. The lowest BCUT2D eigenvalue weighted by atomic mass is 10.3. The maximum Gasteiger partial charge on any atom is 0.466 e. The molecule has 0 aliphatic carbocycles. The number of ether oxygens (including phenoxy) is 1. The fraction of sp³-hybridized carbons (Fsp3) is 0.143. The van der Waals surface area contributed by atoms with Gasteiger partial charge in [-0.25, -0.2) is 4.57 Å². The minimum Gasteiger partial charge on any atom is -0.495 e. The first-order valence-electron chi connectivity index (χ1n) is 3.91. The minimum atomic E-state index is -4.64. The molecule has 0 spiro atoms. The average Bonchev–Trinajstić information content (AvgIpc) is 2.16. The lowest BCUT2D eigenvalue weighted by Crippen LogP contribution is -2.09. The molecular weight excluding hydrogens is 259 g/mol. The van der Waals surface area contributed by atoms with Crippen molar-refractivity contribution in [3.05, 3.63) is 24.3 Å². The summed E-state index contributed by atoms with van der Waals surface area (Å²) in [7, 11) is -3.03. The van der Waals surface area contributed by atoms with Crippen molar-refractivity contribution in [3.63, 3.8) is 0 Å². The number of anilines is 1. The third-order valence-electron chi connectivity index (χ3n) is 1.29. The van der Waals surface area contributed by atoms with E-state index in [2.05, 4.69) is 10.4 Å². The number of methoxy groups -OCH3 is 1. The van der Waals surface area contributed by atoms with Crippen LogP contribution in [0.15, 0.2) is 24.3 Å². The van der Waals surface area contributed by atoms with Crippen molar-refractivity contribution >= 4 is 25.3 Å². The molecule has 0 saturated heterocycles. The predicted molar refractivity (Wildman–Crippen MR) is 59.9 cm³/mol. The fourth-order valence-corrected chi connectivity index (χ4v) is 0.901. The van der Waals surface area contributed by atoms with Gasteiger partial charge in [0.2, 0.25) is 0 Å². The van der Waals surface area contributed by atoms with Gasteiger partial charge in [-0.05, 0) is 23.9 Å². The van der Waals surface area contributed by atoms with Crippen LogP contribution in [-0.4, -0.2) is 21.8 Å². The molecule has 9 heteroatoms. The first kappa shape index (κ1) is 15.2. The van der Waals surface area contributed by atoms with Crippen LogP contribution < -0.4 is 15.1 Å². The zero-order valence-electron chi connectivity index (χ0n) is 8.29. The van der Waals surface area contributed by atoms with Gasteiger partial charge in [-0.15, -0.1) is 4.94 Å². The van der Waals surface area contributed by atoms with Crippen LogP contribution in [0.2, 0.25) is 0 Å². The smallest absolute Gasteiger partial charge is 0.466 e. The summed E-state index contributed by atoms with van der Waals surface area (Å²) in [6, 6.07) is 7.47. The maximum atomic E-state index is 8.88. The number of hydrazine groups is 1. The minimum absolute atomic E-state index is 0.751. The Morgan fingerprint density at radius 3 is 2.25 bits per heavy atom. The van der Waals surface area contributed by atoms with Crippen LogP contribution in [0.5, 0.6) is 5.75 Å². The van der Waals surface area contributed by atoms with Crippen molar-refractivity contribution in [2.24, 2.45) is 0 Å². The maximum absolute atomic E-state index is 8.88. The van der Waals surface area contributed by atoms with Crippen LogP contribution in [0.1, 0.15) is 0 Å². The van der Waals surface area contributed by atoms with Gasteiger partial charge in [-0.2, -0.15) is 0 Å². The summed E-state index contributed by atoms with van der Waals surface area (Å²) in [5, 5.41) is 0. The van der Waals surface area contributed by atoms with E-state index in [1.807, 2.05) is 24.3 Å². The Bertz CT molecular complexity index is 350. The number of nitrogens with one attached hydrogen (secondary N) is 2. The van der Waals surface area contributed by atoms with Crippen molar-refractivity contribution in [3.8, 4) is 5.75 Å². The number of phosphoric acid groups is 1. The Hall–Kier alpha value is -0.820. The van der Waals surface area contributed by atoms with E-state index >= 15 is 0 Å². The molecule has 0 heterocycles. The molecular formula is C7H12ClN2O5P. The molecule has 0 unspecified atom stereocenters. The first-order valence-corrected chi connectivity index (χ1v) is 5.85. The van der Waals surface area contributed by atoms with Crippen LogP contribution >= 0.6 is 19.6 Å². The van der Waals surface area contributed by atoms with Gasteiger partial charge in [0, 0.05) is 0 Å². The molecule has 16 heavy (non-hydrogen) atoms. The highest BCUT2D eigenvalue weighted by atomic mass is 35.5. The van der Waals surface area contributed by atoms with Crippen LogP contribution in [0, 0.1) is 0 Å². The molecule has 5 N–H and O–H groups in total. The summed E-state index contributed by atoms with van der Waals surface area (Å²) in [5.74, 6) is 0.751. The van der Waals surface area contributed by atoms with Crippen molar-refractivity contribution in [1.29, 1.82) is 0 Å². The molecule has 1 aromatic carbocycles. The van der Waals surface area contributed by atoms with Crippen LogP contribution in [0.25, 0.3) is 0 Å². The standard InChI is InChI=1S/C7H9ClN2O.H3O4P/c1-11-7-5-3-2-4-6(7)9-10-8;1-5(2,3)4/h2-5,9-10H,1H3;(H3,1,2,3,4). The van der Waals surface area contributed by atoms with E-state index in [4.69, 9.17) is 35.8 Å². The average molecular weight is 271 g/mol. The van der Waals surface area contributed by atoms with Gasteiger partial charge < -0.3 is 24.8 Å². The summed E-state index contributed by atoms with van der Waals surface area (Å²) in [4.78, 5) is 23.9. The van der Waals surface area contributed by atoms with Crippen molar-refractivity contribution in [2.75, 3.05) is 12.5 Å². The molecule has 0 aliphatic rings. The van der Waals surface area contributed by atoms with Gasteiger partial charge in [0.25, 0.3) is 0 Å². The summed E-state index contributed by atoms with van der Waals surface area (Å²) < 4.78 is 13.9. The Morgan fingerprint density at radius 1 is 1.31 bits per heavy atom. The molecule has 0 aromatic heterocycles. The lowest BCUT2D eigenvalue weighted by Gasteiger charge is -2.07. The van der Waals surface area contributed by atoms with Crippen LogP contribution in [0.4, 0.5) is 5.69 Å². The molecule has 0 radical (unpaired) electrons. The molecule has 0 fully saturated rings. The Labute approximate surface area is 97.3 Å². The summed E-state index contributed by atoms with van der Waals surface area (Å²) in [6.07, 6.45) is 0. The highest BCUT2D eigenvalue weighted by Crippen LogP contribution is 2.25. The lowest BCUT2D eigenvalue weighted by molar-refractivity contribution is 0.275. The number of para-hydroxylation sites is 2. The van der Waals surface area contributed by atoms with E-state index in [9.17, 15) is 0 Å². The van der Waals surface area contributed by atoms with Crippen molar-refractivity contribution in [1.82, 2.24) is 4.94 Å². The zero-order valence-corrected chi connectivity index (χ0v) is 9.94. The van der Waals surface area contributed by atoms with E-state index < -0.39 is 7.82 Å². The predicted octanol–water partition coefficient (Wildman–Crippen LogP) is 0.837. The SMILES string of the molecule is COc1ccccc1NNCl.O=P(O)(O)O. The quantitative estimate of drug-likeness (QED) is 0.314. The third-order valence-corrected chi connectivity index (χ3v) is 1.38. The summed E-state index contributed by atoms with van der Waals surface area (Å²) >= 11 is 5.25. The molecule has 0 amide bonds. The summed E-state index contributed by atoms with van der Waals surface area (Å²) in [5.41, 5.74) is 3.53. The Morgan fingerprint density at radius 2 is 1.81 bits per heavy atom. The molecule has 0 atom stereocenters. The van der Waals surface area contributed by atoms with Crippen LogP contribution in [-0.2, 0) is 4.57 Å². The molecule has 1 rings (SSSR count). The second kappa shape index (κ2) is 7.45. The van der Waals surface area contributed by atoms with E-state index in [-0.39, 0.29) is 0 Å². The normalized spacial score (nSPS) is 10.1.